The van der Waals surface area contributed by atoms with Crippen molar-refractivity contribution in [3.63, 3.8) is 0 Å². The van der Waals surface area contributed by atoms with Crippen LogP contribution in [-0.4, -0.2) is 0 Å². The molecule has 3 heteroatoms. The van der Waals surface area contributed by atoms with Crippen LogP contribution in [0.2, 0.25) is 0 Å². The van der Waals surface area contributed by atoms with Gasteiger partial charge in [-0.05, 0) is 128 Å². The minimum absolute atomic E-state index is 0.832. The summed E-state index contributed by atoms with van der Waals surface area (Å²) in [5.74, 6) is 1.67. The third-order valence-electron chi connectivity index (χ3n) is 12.8. The van der Waals surface area contributed by atoms with Gasteiger partial charge in [-0.15, -0.1) is 0 Å². The molecule has 0 amide bonds. The Balaban J connectivity index is 0.928. The van der Waals surface area contributed by atoms with Crippen molar-refractivity contribution in [1.82, 2.24) is 0 Å². The maximum Gasteiger partial charge on any atom is 0.138 e. The van der Waals surface area contributed by atoms with Crippen LogP contribution >= 0.6 is 0 Å². The third-order valence-corrected chi connectivity index (χ3v) is 12.8. The summed E-state index contributed by atoms with van der Waals surface area (Å²) in [5, 5.41) is 2.21. The zero-order valence-electron chi connectivity index (χ0n) is 36.7. The number of para-hydroxylation sites is 2. The van der Waals surface area contributed by atoms with E-state index in [1.807, 2.05) is 0 Å². The molecular formula is C64H44N2O. The summed E-state index contributed by atoms with van der Waals surface area (Å²) in [5.41, 5.74) is 18.1. The monoisotopic (exact) mass is 856 g/mol. The minimum Gasteiger partial charge on any atom is -0.456 e. The van der Waals surface area contributed by atoms with E-state index in [4.69, 9.17) is 4.74 Å². The SMILES string of the molecule is c1ccc(-c2ccc(-c3ccc(N(c4ccc(-c5ccc(-c6ccccc6)cc5)cc4)c4cc5c6c(cccc6c4)-c4cc(N(c6ccccc6)c6ccccc6)ccc4O5)cc3)cc2)cc1. The van der Waals surface area contributed by atoms with E-state index in [1.54, 1.807) is 0 Å². The van der Waals surface area contributed by atoms with Crippen LogP contribution in [0.3, 0.4) is 0 Å². The molecule has 1 heterocycles. The average molecular weight is 857 g/mol. The molecule has 1 aliphatic rings. The maximum absolute atomic E-state index is 6.95. The highest BCUT2D eigenvalue weighted by molar-refractivity contribution is 6.07. The van der Waals surface area contributed by atoms with Crippen molar-refractivity contribution < 1.29 is 4.74 Å². The molecule has 0 saturated heterocycles. The fourth-order valence-corrected chi connectivity index (χ4v) is 9.51. The fourth-order valence-electron chi connectivity index (χ4n) is 9.51. The van der Waals surface area contributed by atoms with Gasteiger partial charge in [0, 0.05) is 45.5 Å². The number of benzene rings is 11. The van der Waals surface area contributed by atoms with E-state index in [-0.39, 0.29) is 0 Å². The van der Waals surface area contributed by atoms with E-state index < -0.39 is 0 Å². The molecular weight excluding hydrogens is 813 g/mol. The van der Waals surface area contributed by atoms with Crippen LogP contribution in [0.4, 0.5) is 34.1 Å². The number of hydrogen-bond donors (Lipinski definition) is 0. The van der Waals surface area contributed by atoms with Crippen LogP contribution < -0.4 is 14.5 Å². The summed E-state index contributed by atoms with van der Waals surface area (Å²) in [6.07, 6.45) is 0. The Morgan fingerprint density at radius 1 is 0.224 bits per heavy atom. The number of hydrogen-bond acceptors (Lipinski definition) is 3. The Kier molecular flexibility index (Phi) is 10.2. The lowest BCUT2D eigenvalue weighted by atomic mass is 9.93. The van der Waals surface area contributed by atoms with E-state index in [1.165, 1.54) is 33.4 Å². The molecule has 0 fully saturated rings. The molecule has 316 valence electrons. The fraction of sp³-hybridized carbons (Fsp3) is 0. The van der Waals surface area contributed by atoms with E-state index in [0.717, 1.165) is 78.6 Å². The lowest BCUT2D eigenvalue weighted by Gasteiger charge is -2.30. The normalized spacial score (nSPS) is 11.4. The van der Waals surface area contributed by atoms with E-state index in [2.05, 4.69) is 277 Å². The first-order valence-corrected chi connectivity index (χ1v) is 22.8. The van der Waals surface area contributed by atoms with Crippen LogP contribution in [0.1, 0.15) is 0 Å². The molecule has 1 aliphatic heterocycles. The molecule has 0 saturated carbocycles. The van der Waals surface area contributed by atoms with Gasteiger partial charge in [-0.1, -0.05) is 188 Å². The van der Waals surface area contributed by atoms with Crippen molar-refractivity contribution in [3.05, 3.63) is 267 Å². The summed E-state index contributed by atoms with van der Waals surface area (Å²) in [6, 6.07) is 95.3. The first-order valence-electron chi connectivity index (χ1n) is 22.8. The second kappa shape index (κ2) is 17.2. The van der Waals surface area contributed by atoms with E-state index in [0.29, 0.717) is 0 Å². The van der Waals surface area contributed by atoms with Gasteiger partial charge >= 0.3 is 0 Å². The molecule has 0 N–H and O–H groups in total. The van der Waals surface area contributed by atoms with Gasteiger partial charge in [0.15, 0.2) is 0 Å². The molecule has 11 aromatic carbocycles. The predicted octanol–water partition coefficient (Wildman–Crippen LogP) is 18.2. The van der Waals surface area contributed by atoms with Gasteiger partial charge < -0.3 is 14.5 Å². The highest BCUT2D eigenvalue weighted by Gasteiger charge is 2.25. The van der Waals surface area contributed by atoms with Crippen LogP contribution in [0.25, 0.3) is 66.4 Å². The van der Waals surface area contributed by atoms with Crippen LogP contribution in [-0.2, 0) is 0 Å². The standard InChI is InChI=1S/C64H44N2O/c1-5-14-45(15-6-1)47-24-28-49(29-25-47)51-32-36-56(37-33-51)66(57-38-34-52(35-39-57)50-30-26-48(27-31-50)46-16-7-2-8-17-46)59-42-53-18-13-23-60-61-43-58(40-41-62(61)67-63(44-59)64(53)60)65(54-19-9-3-10-20-54)55-21-11-4-12-22-55/h1-44H. The molecule has 0 unspecified atom stereocenters. The van der Waals surface area contributed by atoms with Crippen molar-refractivity contribution in [2.75, 3.05) is 9.80 Å². The molecule has 3 nitrogen and oxygen atoms in total. The molecule has 67 heavy (non-hydrogen) atoms. The first kappa shape index (κ1) is 39.7. The maximum atomic E-state index is 6.95. The van der Waals surface area contributed by atoms with Crippen molar-refractivity contribution in [3.8, 4) is 67.1 Å². The Bertz CT molecular complexity index is 3320. The van der Waals surface area contributed by atoms with Gasteiger partial charge in [0.05, 0.1) is 5.69 Å². The Hall–Kier alpha value is -8.92. The molecule has 11 aromatic rings. The summed E-state index contributed by atoms with van der Waals surface area (Å²) in [6.45, 7) is 0. The summed E-state index contributed by atoms with van der Waals surface area (Å²) < 4.78 is 6.95. The first-order chi connectivity index (χ1) is 33.2. The predicted molar refractivity (Wildman–Crippen MR) is 281 cm³/mol. The molecule has 0 radical (unpaired) electrons. The number of nitrogens with zero attached hydrogens (tertiary/aromatic N) is 2. The van der Waals surface area contributed by atoms with E-state index >= 15 is 0 Å². The average Bonchev–Trinajstić information content (AvgIpc) is 3.41. The molecule has 0 atom stereocenters. The highest BCUT2D eigenvalue weighted by atomic mass is 16.5. The Morgan fingerprint density at radius 2 is 0.597 bits per heavy atom. The largest absolute Gasteiger partial charge is 0.456 e. The molecule has 12 rings (SSSR count). The number of rotatable bonds is 10. The third kappa shape index (κ3) is 7.69. The zero-order valence-corrected chi connectivity index (χ0v) is 36.7. The van der Waals surface area contributed by atoms with Crippen LogP contribution in [0, 0.1) is 0 Å². The number of anilines is 6. The van der Waals surface area contributed by atoms with Gasteiger partial charge in [-0.3, -0.25) is 0 Å². The van der Waals surface area contributed by atoms with Gasteiger partial charge in [0.2, 0.25) is 0 Å². The van der Waals surface area contributed by atoms with Gasteiger partial charge in [0.1, 0.15) is 11.5 Å². The Morgan fingerprint density at radius 3 is 1.06 bits per heavy atom. The van der Waals surface area contributed by atoms with Gasteiger partial charge in [-0.25, -0.2) is 0 Å². The minimum atomic E-state index is 0.832. The van der Waals surface area contributed by atoms with Crippen molar-refractivity contribution in [2.24, 2.45) is 0 Å². The molecule has 0 aliphatic carbocycles. The van der Waals surface area contributed by atoms with Crippen LogP contribution in [0.15, 0.2) is 267 Å². The summed E-state index contributed by atoms with van der Waals surface area (Å²) >= 11 is 0. The lowest BCUT2D eigenvalue weighted by molar-refractivity contribution is 0.487. The quantitative estimate of drug-likeness (QED) is 0.136. The van der Waals surface area contributed by atoms with Crippen LogP contribution in [0.5, 0.6) is 11.5 Å². The zero-order chi connectivity index (χ0) is 44.5. The molecule has 0 bridgehead atoms. The second-order valence-electron chi connectivity index (χ2n) is 17.0. The smallest absolute Gasteiger partial charge is 0.138 e. The molecule has 0 aromatic heterocycles. The molecule has 0 spiro atoms. The van der Waals surface area contributed by atoms with Crippen molar-refractivity contribution in [1.29, 1.82) is 0 Å². The highest BCUT2D eigenvalue weighted by Crippen LogP contribution is 2.51. The number of ether oxygens (including phenoxy) is 1. The number of fused-ring (bicyclic) bond motifs is 2. The summed E-state index contributed by atoms with van der Waals surface area (Å²) in [4.78, 5) is 4.64. The topological polar surface area (TPSA) is 15.7 Å². The Labute approximate surface area is 391 Å². The summed E-state index contributed by atoms with van der Waals surface area (Å²) in [7, 11) is 0. The van der Waals surface area contributed by atoms with Crippen molar-refractivity contribution in [2.45, 2.75) is 0 Å². The van der Waals surface area contributed by atoms with Gasteiger partial charge in [-0.2, -0.15) is 0 Å². The van der Waals surface area contributed by atoms with Crippen molar-refractivity contribution >= 4 is 44.9 Å². The lowest BCUT2D eigenvalue weighted by Crippen LogP contribution is -2.11. The van der Waals surface area contributed by atoms with E-state index in [9.17, 15) is 0 Å². The second-order valence-corrected chi connectivity index (χ2v) is 17.0. The van der Waals surface area contributed by atoms with Gasteiger partial charge in [0.25, 0.3) is 0 Å².